The van der Waals surface area contributed by atoms with E-state index in [1.54, 1.807) is 12.1 Å². The monoisotopic (exact) mass is 465 g/mol. The topological polar surface area (TPSA) is 119 Å². The molecule has 0 aliphatic heterocycles. The zero-order chi connectivity index (χ0) is 23.7. The van der Waals surface area contributed by atoms with Gasteiger partial charge in [0.1, 0.15) is 17.1 Å². The van der Waals surface area contributed by atoms with E-state index in [4.69, 9.17) is 4.42 Å². The third kappa shape index (κ3) is 4.53. The molecule has 0 radical (unpaired) electrons. The number of fused-ring (bicyclic) bond motifs is 1. The number of amides is 2. The van der Waals surface area contributed by atoms with E-state index in [-0.39, 0.29) is 29.3 Å². The number of rotatable bonds is 7. The van der Waals surface area contributed by atoms with Crippen LogP contribution in [0.4, 0.5) is 23.2 Å². The first-order chi connectivity index (χ1) is 15.7. The highest BCUT2D eigenvalue weighted by Crippen LogP contribution is 2.25. The molecular weight excluding hydrogens is 450 g/mol. The number of alkyl halides is 4. The van der Waals surface area contributed by atoms with Gasteiger partial charge in [-0.1, -0.05) is 0 Å². The highest BCUT2D eigenvalue weighted by atomic mass is 19.3. The van der Waals surface area contributed by atoms with Gasteiger partial charge in [0.15, 0.2) is 17.0 Å². The van der Waals surface area contributed by atoms with Gasteiger partial charge in [0.05, 0.1) is 18.5 Å². The molecule has 14 heteroatoms. The fourth-order valence-electron chi connectivity index (χ4n) is 2.99. The van der Waals surface area contributed by atoms with Crippen molar-refractivity contribution in [2.24, 2.45) is 7.05 Å². The Balaban J connectivity index is 1.58. The van der Waals surface area contributed by atoms with Gasteiger partial charge in [0, 0.05) is 19.3 Å². The van der Waals surface area contributed by atoms with Gasteiger partial charge in [-0.25, -0.2) is 27.1 Å². The molecule has 172 valence electrons. The SMILES string of the molecule is Cn1cc(NC(=O)c2cc3nc(C(F)F)cc(C(F)F)n3n2)c(C(=O)NCc2ccco2)n1. The first kappa shape index (κ1) is 22.0. The summed E-state index contributed by atoms with van der Waals surface area (Å²) in [5.74, 6) is -0.993. The van der Waals surface area contributed by atoms with Crippen LogP contribution in [-0.4, -0.2) is 36.2 Å². The van der Waals surface area contributed by atoms with Crippen LogP contribution in [0.2, 0.25) is 0 Å². The second-order valence-electron chi connectivity index (χ2n) is 6.79. The minimum absolute atomic E-state index is 0.0202. The van der Waals surface area contributed by atoms with Crippen LogP contribution in [0.5, 0.6) is 0 Å². The lowest BCUT2D eigenvalue weighted by molar-refractivity contribution is 0.0943. The molecule has 0 aliphatic rings. The van der Waals surface area contributed by atoms with Crippen LogP contribution in [0.25, 0.3) is 5.65 Å². The van der Waals surface area contributed by atoms with Crippen LogP contribution in [0.3, 0.4) is 0 Å². The lowest BCUT2D eigenvalue weighted by Gasteiger charge is -2.06. The van der Waals surface area contributed by atoms with Crippen LogP contribution < -0.4 is 10.6 Å². The highest BCUT2D eigenvalue weighted by molar-refractivity contribution is 6.07. The summed E-state index contributed by atoms with van der Waals surface area (Å²) < 4.78 is 59.7. The minimum atomic E-state index is -3.13. The molecule has 0 fully saturated rings. The van der Waals surface area contributed by atoms with E-state index in [1.807, 2.05) is 0 Å². The molecule has 2 N–H and O–H groups in total. The summed E-state index contributed by atoms with van der Waals surface area (Å²) in [4.78, 5) is 28.7. The molecule has 0 bridgehead atoms. The molecule has 4 rings (SSSR count). The first-order valence-corrected chi connectivity index (χ1v) is 9.35. The van der Waals surface area contributed by atoms with Crippen molar-refractivity contribution < 1.29 is 31.6 Å². The number of aromatic nitrogens is 5. The quantitative estimate of drug-likeness (QED) is 0.405. The van der Waals surface area contributed by atoms with Crippen LogP contribution in [0, 0.1) is 0 Å². The predicted octanol–water partition coefficient (Wildman–Crippen LogP) is 3.11. The summed E-state index contributed by atoms with van der Waals surface area (Å²) in [6.07, 6.45) is -3.42. The van der Waals surface area contributed by atoms with Gasteiger partial charge in [0.25, 0.3) is 24.7 Å². The van der Waals surface area contributed by atoms with Crippen molar-refractivity contribution >= 4 is 23.1 Å². The fourth-order valence-corrected chi connectivity index (χ4v) is 2.99. The summed E-state index contributed by atoms with van der Waals surface area (Å²) in [6, 6.07) is 4.83. The van der Waals surface area contributed by atoms with Crippen LogP contribution in [0.15, 0.2) is 41.1 Å². The summed E-state index contributed by atoms with van der Waals surface area (Å²) in [7, 11) is 1.52. The Morgan fingerprint density at radius 2 is 1.91 bits per heavy atom. The number of halogens is 4. The predicted molar refractivity (Wildman–Crippen MR) is 104 cm³/mol. The van der Waals surface area contributed by atoms with Crippen LogP contribution in [0.1, 0.15) is 51.0 Å². The third-order valence-electron chi connectivity index (χ3n) is 4.45. The van der Waals surface area contributed by atoms with Gasteiger partial charge in [-0.15, -0.1) is 0 Å². The number of hydrogen-bond donors (Lipinski definition) is 2. The van der Waals surface area contributed by atoms with Crippen molar-refractivity contribution in [3.8, 4) is 0 Å². The average Bonchev–Trinajstić information content (AvgIpc) is 3.50. The Morgan fingerprint density at radius 3 is 2.58 bits per heavy atom. The van der Waals surface area contributed by atoms with E-state index in [0.29, 0.717) is 16.3 Å². The molecule has 2 amide bonds. The molecule has 33 heavy (non-hydrogen) atoms. The fraction of sp³-hybridized carbons (Fsp3) is 0.211. The highest BCUT2D eigenvalue weighted by Gasteiger charge is 2.24. The molecule has 4 aromatic heterocycles. The number of carbonyl (C=O) groups is 2. The normalized spacial score (nSPS) is 11.5. The van der Waals surface area contributed by atoms with E-state index in [1.165, 1.54) is 24.2 Å². The number of furan rings is 1. The zero-order valence-electron chi connectivity index (χ0n) is 16.8. The summed E-state index contributed by atoms with van der Waals surface area (Å²) in [5, 5.41) is 12.8. The number of hydrogen-bond acceptors (Lipinski definition) is 6. The Bertz CT molecular complexity index is 1310. The summed E-state index contributed by atoms with van der Waals surface area (Å²) >= 11 is 0. The van der Waals surface area contributed by atoms with Gasteiger partial charge in [0.2, 0.25) is 0 Å². The van der Waals surface area contributed by atoms with E-state index in [2.05, 4.69) is 25.8 Å². The lowest BCUT2D eigenvalue weighted by Crippen LogP contribution is -2.25. The summed E-state index contributed by atoms with van der Waals surface area (Å²) in [5.41, 5.74) is -2.53. The Morgan fingerprint density at radius 1 is 1.12 bits per heavy atom. The van der Waals surface area contributed by atoms with Gasteiger partial charge >= 0.3 is 0 Å². The Labute approximate surface area is 182 Å². The van der Waals surface area contributed by atoms with Crippen LogP contribution in [-0.2, 0) is 13.6 Å². The average molecular weight is 465 g/mol. The van der Waals surface area contributed by atoms with E-state index >= 15 is 0 Å². The maximum Gasteiger partial charge on any atom is 0.280 e. The summed E-state index contributed by atoms with van der Waals surface area (Å²) in [6.45, 7) is 0.0801. The van der Waals surface area contributed by atoms with E-state index < -0.39 is 36.1 Å². The van der Waals surface area contributed by atoms with Crippen molar-refractivity contribution in [2.75, 3.05) is 5.32 Å². The van der Waals surface area contributed by atoms with Crippen molar-refractivity contribution in [3.63, 3.8) is 0 Å². The van der Waals surface area contributed by atoms with Crippen molar-refractivity contribution in [1.82, 2.24) is 29.7 Å². The lowest BCUT2D eigenvalue weighted by atomic mass is 10.3. The van der Waals surface area contributed by atoms with Gasteiger partial charge in [-0.3, -0.25) is 14.3 Å². The number of aryl methyl sites for hydroxylation is 1. The Kier molecular flexibility index (Phi) is 5.81. The molecule has 0 saturated heterocycles. The number of anilines is 1. The Hall–Kier alpha value is -4.23. The molecule has 0 spiro atoms. The molecular formula is C19H15F4N7O3. The molecule has 0 atom stereocenters. The number of carbonyl (C=O) groups excluding carboxylic acids is 2. The minimum Gasteiger partial charge on any atom is -0.467 e. The van der Waals surface area contributed by atoms with Gasteiger partial charge < -0.3 is 15.1 Å². The smallest absolute Gasteiger partial charge is 0.280 e. The van der Waals surface area contributed by atoms with Gasteiger partial charge in [-0.05, 0) is 18.2 Å². The molecule has 10 nitrogen and oxygen atoms in total. The largest absolute Gasteiger partial charge is 0.467 e. The first-order valence-electron chi connectivity index (χ1n) is 9.35. The zero-order valence-corrected chi connectivity index (χ0v) is 16.8. The molecule has 0 saturated carbocycles. The second-order valence-corrected chi connectivity index (χ2v) is 6.79. The van der Waals surface area contributed by atoms with E-state index in [9.17, 15) is 27.2 Å². The van der Waals surface area contributed by atoms with E-state index in [0.717, 1.165) is 6.07 Å². The van der Waals surface area contributed by atoms with Gasteiger partial charge in [-0.2, -0.15) is 10.2 Å². The van der Waals surface area contributed by atoms with Crippen molar-refractivity contribution in [3.05, 3.63) is 65.3 Å². The maximum atomic E-state index is 13.3. The molecule has 0 aliphatic carbocycles. The molecule has 0 unspecified atom stereocenters. The van der Waals surface area contributed by atoms with Crippen molar-refractivity contribution in [1.29, 1.82) is 0 Å². The maximum absolute atomic E-state index is 13.3. The van der Waals surface area contributed by atoms with Crippen molar-refractivity contribution in [2.45, 2.75) is 19.4 Å². The van der Waals surface area contributed by atoms with Crippen LogP contribution >= 0.6 is 0 Å². The number of nitrogens with zero attached hydrogens (tertiary/aromatic N) is 5. The number of nitrogens with one attached hydrogen (secondary N) is 2. The second kappa shape index (κ2) is 8.72. The molecule has 4 heterocycles. The molecule has 0 aromatic carbocycles. The standard InChI is InChI=1S/C19H15F4N7O3/c1-29-8-12(15(28-29)19(32)24-7-9-3-2-4-33-9)26-18(31)11-6-14-25-10(16(20)21)5-13(17(22)23)30(14)27-11/h2-6,8,16-17H,7H2,1H3,(H,24,32)(H,26,31). The third-order valence-corrected chi connectivity index (χ3v) is 4.45. The molecule has 4 aromatic rings.